The van der Waals surface area contributed by atoms with Crippen molar-refractivity contribution >= 4 is 43.9 Å². The Morgan fingerprint density at radius 1 is 1.06 bits per heavy atom. The number of nitrogens with one attached hydrogen (secondary N) is 2. The molecule has 2 aromatic carbocycles. The molecule has 0 saturated heterocycles. The molecule has 2 N–H and O–H groups in total. The van der Waals surface area contributed by atoms with E-state index in [4.69, 9.17) is 16.3 Å². The molecule has 0 saturated carbocycles. The Morgan fingerprint density at radius 2 is 1.91 bits per heavy atom. The zero-order chi connectivity index (χ0) is 23.4. The minimum atomic E-state index is -4.00. The predicted molar refractivity (Wildman–Crippen MR) is 130 cm³/mol. The van der Waals surface area contributed by atoms with Crippen LogP contribution in [0.3, 0.4) is 0 Å². The standard InChI is InChI=1S/C24H19ClN4O3S/c1-26-19-12-16(14-27-15-19)5-6-17-13-18(25)7-8-21(17)29-33(30,31)23-10-9-22(32-2)20-4-3-11-28-24(20)23/h3-4,7-15,26,29H,1-2H3. The molecule has 2 aromatic heterocycles. The molecule has 9 heteroatoms. The molecule has 4 aromatic rings. The fourth-order valence-electron chi connectivity index (χ4n) is 3.21. The third-order valence-electron chi connectivity index (χ3n) is 4.80. The SMILES string of the molecule is CNc1cncc(C#Cc2cc(Cl)ccc2NS(=O)(=O)c2ccc(OC)c3cccnc23)c1. The van der Waals surface area contributed by atoms with Gasteiger partial charge in [0.15, 0.2) is 0 Å². The van der Waals surface area contributed by atoms with Crippen LogP contribution in [0.5, 0.6) is 5.75 Å². The van der Waals surface area contributed by atoms with E-state index in [1.165, 1.54) is 19.4 Å². The van der Waals surface area contributed by atoms with Crippen LogP contribution < -0.4 is 14.8 Å². The Balaban J connectivity index is 1.75. The van der Waals surface area contributed by atoms with Gasteiger partial charge in [-0.3, -0.25) is 14.7 Å². The number of anilines is 2. The zero-order valence-electron chi connectivity index (χ0n) is 17.8. The lowest BCUT2D eigenvalue weighted by molar-refractivity contribution is 0.419. The first-order chi connectivity index (χ1) is 15.9. The number of ether oxygens (including phenoxy) is 1. The van der Waals surface area contributed by atoms with Gasteiger partial charge in [0, 0.05) is 35.4 Å². The van der Waals surface area contributed by atoms with Crippen LogP contribution in [0.1, 0.15) is 11.1 Å². The molecule has 0 aliphatic heterocycles. The van der Waals surface area contributed by atoms with E-state index in [0.29, 0.717) is 38.5 Å². The van der Waals surface area contributed by atoms with Gasteiger partial charge in [-0.15, -0.1) is 0 Å². The van der Waals surface area contributed by atoms with E-state index in [9.17, 15) is 8.42 Å². The summed E-state index contributed by atoms with van der Waals surface area (Å²) in [6.07, 6.45) is 4.84. The van der Waals surface area contributed by atoms with Crippen LogP contribution in [-0.2, 0) is 10.0 Å². The predicted octanol–water partition coefficient (Wildman–Crippen LogP) is 4.53. The fourth-order valence-corrected chi connectivity index (χ4v) is 4.62. The van der Waals surface area contributed by atoms with Gasteiger partial charge in [-0.1, -0.05) is 23.4 Å². The van der Waals surface area contributed by atoms with Gasteiger partial charge in [0.25, 0.3) is 10.0 Å². The van der Waals surface area contributed by atoms with E-state index in [-0.39, 0.29) is 4.90 Å². The second-order valence-corrected chi connectivity index (χ2v) is 9.01. The van der Waals surface area contributed by atoms with Gasteiger partial charge in [-0.25, -0.2) is 8.42 Å². The van der Waals surface area contributed by atoms with Crippen molar-refractivity contribution in [1.29, 1.82) is 0 Å². The Kier molecular flexibility index (Phi) is 6.36. The molecule has 0 bridgehead atoms. The van der Waals surface area contributed by atoms with Crippen molar-refractivity contribution in [2.24, 2.45) is 0 Å². The van der Waals surface area contributed by atoms with Gasteiger partial charge >= 0.3 is 0 Å². The summed E-state index contributed by atoms with van der Waals surface area (Å²) >= 11 is 6.15. The maximum Gasteiger partial charge on any atom is 0.264 e. The van der Waals surface area contributed by atoms with Crippen molar-refractivity contribution in [2.45, 2.75) is 4.90 Å². The number of sulfonamides is 1. The molecule has 0 unspecified atom stereocenters. The van der Waals surface area contributed by atoms with E-state index < -0.39 is 10.0 Å². The lowest BCUT2D eigenvalue weighted by Crippen LogP contribution is -2.15. The highest BCUT2D eigenvalue weighted by atomic mass is 35.5. The third-order valence-corrected chi connectivity index (χ3v) is 6.43. The summed E-state index contributed by atoms with van der Waals surface area (Å²) in [6.45, 7) is 0. The van der Waals surface area contributed by atoms with Crippen molar-refractivity contribution < 1.29 is 13.2 Å². The minimum absolute atomic E-state index is 0.0266. The first-order valence-corrected chi connectivity index (χ1v) is 11.7. The van der Waals surface area contributed by atoms with Gasteiger partial charge in [0.05, 0.1) is 35.8 Å². The van der Waals surface area contributed by atoms with Gasteiger partial charge in [-0.05, 0) is 48.5 Å². The number of fused-ring (bicyclic) bond motifs is 1. The monoisotopic (exact) mass is 478 g/mol. The number of halogens is 1. The molecule has 166 valence electrons. The number of methoxy groups -OCH3 is 1. The number of hydrogen-bond donors (Lipinski definition) is 2. The number of pyridine rings is 2. The third kappa shape index (κ3) is 4.85. The quantitative estimate of drug-likeness (QED) is 0.409. The Labute approximate surface area is 196 Å². The van der Waals surface area contributed by atoms with E-state index >= 15 is 0 Å². The summed E-state index contributed by atoms with van der Waals surface area (Å²) < 4.78 is 34.6. The number of aromatic nitrogens is 2. The van der Waals surface area contributed by atoms with Crippen LogP contribution in [0.15, 0.2) is 72.0 Å². The van der Waals surface area contributed by atoms with Gasteiger partial charge in [0.2, 0.25) is 0 Å². The van der Waals surface area contributed by atoms with Crippen molar-refractivity contribution in [3.8, 4) is 17.6 Å². The average Bonchev–Trinajstić information content (AvgIpc) is 2.83. The van der Waals surface area contributed by atoms with Crippen LogP contribution in [0.25, 0.3) is 10.9 Å². The van der Waals surface area contributed by atoms with E-state index in [2.05, 4.69) is 31.8 Å². The van der Waals surface area contributed by atoms with Gasteiger partial charge < -0.3 is 10.1 Å². The molecule has 0 amide bonds. The maximum atomic E-state index is 13.3. The number of nitrogens with zero attached hydrogens (tertiary/aromatic N) is 2. The molecular weight excluding hydrogens is 460 g/mol. The molecule has 0 spiro atoms. The average molecular weight is 479 g/mol. The van der Waals surface area contributed by atoms with Crippen LogP contribution >= 0.6 is 11.6 Å². The largest absolute Gasteiger partial charge is 0.496 e. The number of rotatable bonds is 5. The highest BCUT2D eigenvalue weighted by Gasteiger charge is 2.21. The fraction of sp³-hybridized carbons (Fsp3) is 0.0833. The summed E-state index contributed by atoms with van der Waals surface area (Å²) in [7, 11) is -0.685. The second kappa shape index (κ2) is 9.36. The van der Waals surface area contributed by atoms with Crippen LogP contribution in [-0.4, -0.2) is 32.5 Å². The topological polar surface area (TPSA) is 93.2 Å². The minimum Gasteiger partial charge on any atom is -0.496 e. The van der Waals surface area contributed by atoms with Crippen molar-refractivity contribution in [1.82, 2.24) is 9.97 Å². The molecular formula is C24H19ClN4O3S. The maximum absolute atomic E-state index is 13.3. The molecule has 0 aliphatic rings. The highest BCUT2D eigenvalue weighted by molar-refractivity contribution is 7.93. The highest BCUT2D eigenvalue weighted by Crippen LogP contribution is 2.31. The van der Waals surface area contributed by atoms with E-state index in [0.717, 1.165) is 5.69 Å². The second-order valence-electron chi connectivity index (χ2n) is 6.92. The molecule has 0 fully saturated rings. The Bertz CT molecular complexity index is 1510. The lowest BCUT2D eigenvalue weighted by atomic mass is 10.1. The van der Waals surface area contributed by atoms with Gasteiger partial charge in [0.1, 0.15) is 10.6 Å². The molecule has 0 radical (unpaired) electrons. The number of benzene rings is 2. The summed E-state index contributed by atoms with van der Waals surface area (Å²) in [5.41, 5.74) is 2.51. The molecule has 0 aliphatic carbocycles. The summed E-state index contributed by atoms with van der Waals surface area (Å²) in [5, 5.41) is 4.02. The van der Waals surface area contributed by atoms with Crippen LogP contribution in [0.4, 0.5) is 11.4 Å². The number of hydrogen-bond acceptors (Lipinski definition) is 6. The molecule has 33 heavy (non-hydrogen) atoms. The molecule has 2 heterocycles. The molecule has 7 nitrogen and oxygen atoms in total. The molecule has 4 rings (SSSR count). The summed E-state index contributed by atoms with van der Waals surface area (Å²) in [4.78, 5) is 8.42. The van der Waals surface area contributed by atoms with Crippen LogP contribution in [0.2, 0.25) is 5.02 Å². The van der Waals surface area contributed by atoms with Crippen LogP contribution in [0, 0.1) is 11.8 Å². The lowest BCUT2D eigenvalue weighted by Gasteiger charge is -2.13. The van der Waals surface area contributed by atoms with E-state index in [1.54, 1.807) is 55.8 Å². The first kappa shape index (κ1) is 22.4. The molecule has 0 atom stereocenters. The van der Waals surface area contributed by atoms with Crippen molar-refractivity contribution in [3.63, 3.8) is 0 Å². The smallest absolute Gasteiger partial charge is 0.264 e. The van der Waals surface area contributed by atoms with Crippen molar-refractivity contribution in [2.75, 3.05) is 24.2 Å². The van der Waals surface area contributed by atoms with E-state index in [1.807, 2.05) is 6.07 Å². The van der Waals surface area contributed by atoms with Gasteiger partial charge in [-0.2, -0.15) is 0 Å². The zero-order valence-corrected chi connectivity index (χ0v) is 19.3. The van der Waals surface area contributed by atoms with Crippen molar-refractivity contribution in [3.05, 3.63) is 83.3 Å². The Morgan fingerprint density at radius 3 is 2.70 bits per heavy atom. The summed E-state index contributed by atoms with van der Waals surface area (Å²) in [6, 6.07) is 13.2. The summed E-state index contributed by atoms with van der Waals surface area (Å²) in [5.74, 6) is 6.52. The Hall–Kier alpha value is -3.80. The first-order valence-electron chi connectivity index (χ1n) is 9.80. The normalized spacial score (nSPS) is 10.9.